The predicted molar refractivity (Wildman–Crippen MR) is 96.2 cm³/mol. The van der Waals surface area contributed by atoms with Crippen molar-refractivity contribution in [3.05, 3.63) is 47.7 Å². The number of likely N-dealkylation sites (N-methyl/N-ethyl adjacent to an activating group) is 1. The highest BCUT2D eigenvalue weighted by molar-refractivity contribution is 5.94. The van der Waals surface area contributed by atoms with Crippen molar-refractivity contribution in [2.75, 3.05) is 33.7 Å². The lowest BCUT2D eigenvalue weighted by molar-refractivity contribution is -0.128. The Balaban J connectivity index is 1.94. The molecule has 0 bridgehead atoms. The van der Waals surface area contributed by atoms with Crippen LogP contribution in [-0.4, -0.2) is 55.3 Å². The maximum atomic E-state index is 12.5. The molecule has 1 N–H and O–H groups in total. The second kappa shape index (κ2) is 9.23. The molecule has 24 heavy (non-hydrogen) atoms. The number of carbonyl (C=O) groups is 2. The van der Waals surface area contributed by atoms with E-state index in [9.17, 15) is 9.59 Å². The molecular weight excluding hydrogens is 302 g/mol. The lowest BCUT2D eigenvalue weighted by Crippen LogP contribution is -2.36. The van der Waals surface area contributed by atoms with Crippen molar-refractivity contribution >= 4 is 11.8 Å². The van der Waals surface area contributed by atoms with Crippen molar-refractivity contribution in [1.82, 2.24) is 15.1 Å². The van der Waals surface area contributed by atoms with Crippen molar-refractivity contribution in [2.45, 2.75) is 25.7 Å². The highest BCUT2D eigenvalue weighted by Gasteiger charge is 2.19. The average Bonchev–Trinajstić information content (AvgIpc) is 2.80. The highest BCUT2D eigenvalue weighted by atomic mass is 16.2. The van der Waals surface area contributed by atoms with Crippen LogP contribution in [0.1, 0.15) is 25.7 Å². The lowest BCUT2D eigenvalue weighted by atomic mass is 10.1. The Morgan fingerprint density at radius 2 is 1.96 bits per heavy atom. The van der Waals surface area contributed by atoms with E-state index in [1.165, 1.54) is 12.5 Å². The van der Waals surface area contributed by atoms with Crippen LogP contribution < -0.4 is 5.32 Å². The molecule has 5 heteroatoms. The van der Waals surface area contributed by atoms with Crippen LogP contribution in [-0.2, 0) is 9.59 Å². The van der Waals surface area contributed by atoms with E-state index in [0.717, 1.165) is 38.0 Å². The zero-order valence-electron chi connectivity index (χ0n) is 14.6. The lowest BCUT2D eigenvalue weighted by Gasteiger charge is -2.27. The summed E-state index contributed by atoms with van der Waals surface area (Å²) in [4.78, 5) is 28.3. The van der Waals surface area contributed by atoms with Crippen LogP contribution in [0.5, 0.6) is 0 Å². The van der Waals surface area contributed by atoms with Gasteiger partial charge in [-0.25, -0.2) is 0 Å². The number of piperidine rings is 1. The number of likely N-dealkylation sites (tertiary alicyclic amines) is 1. The Labute approximate surface area is 144 Å². The van der Waals surface area contributed by atoms with Crippen LogP contribution >= 0.6 is 0 Å². The van der Waals surface area contributed by atoms with Gasteiger partial charge in [0.2, 0.25) is 11.8 Å². The smallest absolute Gasteiger partial charge is 0.250 e. The molecule has 0 aromatic rings. The molecule has 0 atom stereocenters. The third-order valence-corrected chi connectivity index (χ3v) is 4.02. The van der Waals surface area contributed by atoms with Crippen LogP contribution in [0.15, 0.2) is 47.7 Å². The van der Waals surface area contributed by atoms with Gasteiger partial charge in [0.1, 0.15) is 0 Å². The molecule has 1 heterocycles. The standard InChI is InChI=1S/C19H27N3O2/c1-21(2)13-7-10-18(23)20-17-9-6-8-16(11-12-17)19(24)22-14-4-3-5-15-22/h6-7,9-12H,3-5,8,13-15H2,1-2H3,(H,20,23)/b10-7+. The van der Waals surface area contributed by atoms with Gasteiger partial charge in [-0.3, -0.25) is 9.59 Å². The minimum Gasteiger partial charge on any atom is -0.339 e. The summed E-state index contributed by atoms with van der Waals surface area (Å²) in [6.07, 6.45) is 14.7. The minimum absolute atomic E-state index is 0.119. The summed E-state index contributed by atoms with van der Waals surface area (Å²) >= 11 is 0. The van der Waals surface area contributed by atoms with Gasteiger partial charge in [-0.1, -0.05) is 18.2 Å². The fourth-order valence-corrected chi connectivity index (χ4v) is 2.72. The van der Waals surface area contributed by atoms with Gasteiger partial charge in [0.25, 0.3) is 0 Å². The number of hydrogen-bond donors (Lipinski definition) is 1. The molecule has 1 saturated heterocycles. The second-order valence-electron chi connectivity index (χ2n) is 6.43. The summed E-state index contributed by atoms with van der Waals surface area (Å²) in [6.45, 7) is 2.42. The molecule has 0 aromatic heterocycles. The molecule has 1 fully saturated rings. The zero-order chi connectivity index (χ0) is 17.4. The summed E-state index contributed by atoms with van der Waals surface area (Å²) in [5.74, 6) is -0.0407. The van der Waals surface area contributed by atoms with Gasteiger partial charge in [0.15, 0.2) is 0 Å². The molecule has 0 spiro atoms. The molecule has 2 aliphatic rings. The van der Waals surface area contributed by atoms with E-state index in [0.29, 0.717) is 12.1 Å². The van der Waals surface area contributed by atoms with Gasteiger partial charge in [-0.15, -0.1) is 0 Å². The zero-order valence-corrected chi connectivity index (χ0v) is 14.6. The molecular formula is C19H27N3O2. The highest BCUT2D eigenvalue weighted by Crippen LogP contribution is 2.17. The molecule has 0 unspecified atom stereocenters. The molecule has 0 saturated carbocycles. The molecule has 2 amide bonds. The van der Waals surface area contributed by atoms with E-state index in [-0.39, 0.29) is 11.8 Å². The van der Waals surface area contributed by atoms with Crippen LogP contribution in [0, 0.1) is 0 Å². The number of rotatable bonds is 5. The normalized spacial score (nSPS) is 18.4. The van der Waals surface area contributed by atoms with Crippen LogP contribution in [0.4, 0.5) is 0 Å². The number of hydrogen-bond acceptors (Lipinski definition) is 3. The molecule has 0 radical (unpaired) electrons. The largest absolute Gasteiger partial charge is 0.339 e. The topological polar surface area (TPSA) is 52.7 Å². The Bertz CT molecular complexity index is 579. The average molecular weight is 329 g/mol. The van der Waals surface area contributed by atoms with Crippen molar-refractivity contribution < 1.29 is 9.59 Å². The van der Waals surface area contributed by atoms with E-state index in [4.69, 9.17) is 0 Å². The Kier molecular flexibility index (Phi) is 7.00. The Hall–Kier alpha value is -2.14. The number of amides is 2. The quantitative estimate of drug-likeness (QED) is 0.785. The Morgan fingerprint density at radius 1 is 1.21 bits per heavy atom. The summed E-state index contributed by atoms with van der Waals surface area (Å²) in [7, 11) is 3.90. The predicted octanol–water partition coefficient (Wildman–Crippen LogP) is 2.00. The third kappa shape index (κ3) is 5.81. The molecule has 0 aromatic carbocycles. The second-order valence-corrected chi connectivity index (χ2v) is 6.43. The van der Waals surface area contributed by atoms with E-state index >= 15 is 0 Å². The fraction of sp³-hybridized carbons (Fsp3) is 0.474. The number of carbonyl (C=O) groups excluding carboxylic acids is 2. The minimum atomic E-state index is -0.160. The third-order valence-electron chi connectivity index (χ3n) is 4.02. The number of nitrogens with zero attached hydrogens (tertiary/aromatic N) is 2. The van der Waals surface area contributed by atoms with Crippen molar-refractivity contribution in [3.8, 4) is 0 Å². The first-order valence-corrected chi connectivity index (χ1v) is 8.55. The summed E-state index contributed by atoms with van der Waals surface area (Å²) in [6, 6.07) is 0. The van der Waals surface area contributed by atoms with E-state index < -0.39 is 0 Å². The summed E-state index contributed by atoms with van der Waals surface area (Å²) in [5.41, 5.74) is 1.48. The maximum absolute atomic E-state index is 12.5. The van der Waals surface area contributed by atoms with Gasteiger partial charge in [-0.2, -0.15) is 0 Å². The van der Waals surface area contributed by atoms with Gasteiger partial charge in [0.05, 0.1) is 0 Å². The van der Waals surface area contributed by atoms with Gasteiger partial charge >= 0.3 is 0 Å². The maximum Gasteiger partial charge on any atom is 0.250 e. The first kappa shape index (κ1) is 18.2. The van der Waals surface area contributed by atoms with Crippen molar-refractivity contribution in [1.29, 1.82) is 0 Å². The first-order valence-electron chi connectivity index (χ1n) is 8.55. The first-order chi connectivity index (χ1) is 11.6. The van der Waals surface area contributed by atoms with Crippen LogP contribution in [0.25, 0.3) is 0 Å². The van der Waals surface area contributed by atoms with E-state index in [2.05, 4.69) is 5.32 Å². The van der Waals surface area contributed by atoms with E-state index in [1.807, 2.05) is 48.2 Å². The monoisotopic (exact) mass is 329 g/mol. The number of allylic oxidation sites excluding steroid dienone is 4. The van der Waals surface area contributed by atoms with Crippen LogP contribution in [0.2, 0.25) is 0 Å². The number of nitrogens with one attached hydrogen (secondary N) is 1. The molecule has 5 nitrogen and oxygen atoms in total. The van der Waals surface area contributed by atoms with Gasteiger partial charge in [0, 0.05) is 37.0 Å². The Morgan fingerprint density at radius 3 is 2.67 bits per heavy atom. The molecule has 1 aliphatic heterocycles. The molecule has 2 rings (SSSR count). The van der Waals surface area contributed by atoms with Crippen molar-refractivity contribution in [2.24, 2.45) is 0 Å². The molecule has 1 aliphatic carbocycles. The fourth-order valence-electron chi connectivity index (χ4n) is 2.72. The SMILES string of the molecule is CN(C)C/C=C/C(=O)NC1=CC=C(C(=O)N2CCCCC2)CC=C1. The molecule has 130 valence electrons. The van der Waals surface area contributed by atoms with E-state index in [1.54, 1.807) is 6.08 Å². The van der Waals surface area contributed by atoms with Crippen molar-refractivity contribution in [3.63, 3.8) is 0 Å². The van der Waals surface area contributed by atoms with Crippen LogP contribution in [0.3, 0.4) is 0 Å². The van der Waals surface area contributed by atoms with Gasteiger partial charge < -0.3 is 15.1 Å². The summed E-state index contributed by atoms with van der Waals surface area (Å²) < 4.78 is 0. The summed E-state index contributed by atoms with van der Waals surface area (Å²) in [5, 5.41) is 2.83. The van der Waals surface area contributed by atoms with Gasteiger partial charge in [-0.05, 0) is 51.9 Å².